The molecule has 1 atom stereocenters. The van der Waals surface area contributed by atoms with Gasteiger partial charge in [0.2, 0.25) is 0 Å². The third-order valence-electron chi connectivity index (χ3n) is 2.16. The Balaban J connectivity index is 4.05. The van der Waals surface area contributed by atoms with Gasteiger partial charge in [-0.15, -0.1) is 0 Å². The van der Waals surface area contributed by atoms with Crippen molar-refractivity contribution in [3.05, 3.63) is 0 Å². The quantitative estimate of drug-likeness (QED) is 0.685. The van der Waals surface area contributed by atoms with Gasteiger partial charge in [-0.2, -0.15) is 0 Å². The molecule has 0 aliphatic rings. The highest BCUT2D eigenvalue weighted by molar-refractivity contribution is 5.85. The molecule has 0 spiro atoms. The molecular formula is C12H22O5. The van der Waals surface area contributed by atoms with Crippen molar-refractivity contribution in [3.63, 3.8) is 0 Å². The Kier molecular flexibility index (Phi) is 6.80. The van der Waals surface area contributed by atoms with E-state index < -0.39 is 17.5 Å². The Bertz CT molecular complexity index is 258. The average molecular weight is 246 g/mol. The molecule has 0 aromatic carbocycles. The van der Waals surface area contributed by atoms with Gasteiger partial charge >= 0.3 is 11.9 Å². The molecule has 0 saturated heterocycles. The lowest BCUT2D eigenvalue weighted by Gasteiger charge is -2.19. The van der Waals surface area contributed by atoms with Crippen LogP contribution in [0.25, 0.3) is 0 Å². The van der Waals surface area contributed by atoms with Crippen molar-refractivity contribution >= 4 is 11.9 Å². The van der Waals surface area contributed by atoms with Crippen LogP contribution < -0.4 is 0 Å². The topological polar surface area (TPSA) is 72.8 Å². The molecule has 0 fully saturated rings. The fourth-order valence-electron chi connectivity index (χ4n) is 1.10. The summed E-state index contributed by atoms with van der Waals surface area (Å²) in [5.41, 5.74) is -1.81. The van der Waals surface area contributed by atoms with E-state index in [1.807, 2.05) is 13.8 Å². The van der Waals surface area contributed by atoms with Gasteiger partial charge in [0.1, 0.15) is 0 Å². The van der Waals surface area contributed by atoms with E-state index in [1.165, 1.54) is 6.92 Å². The number of aliphatic hydroxyl groups is 1. The molecule has 5 heteroatoms. The zero-order valence-corrected chi connectivity index (χ0v) is 11.0. The molecule has 0 bridgehead atoms. The van der Waals surface area contributed by atoms with Gasteiger partial charge in [-0.05, 0) is 26.2 Å². The number of hydrogen-bond donors (Lipinski definition) is 1. The molecule has 0 rings (SSSR count). The smallest absolute Gasteiger partial charge is 0.338 e. The van der Waals surface area contributed by atoms with Crippen LogP contribution in [-0.2, 0) is 19.1 Å². The van der Waals surface area contributed by atoms with E-state index in [-0.39, 0.29) is 13.0 Å². The Labute approximate surface area is 102 Å². The Hall–Kier alpha value is -1.10. The summed E-state index contributed by atoms with van der Waals surface area (Å²) in [5, 5.41) is 9.72. The van der Waals surface area contributed by atoms with E-state index in [1.54, 1.807) is 6.92 Å². The first kappa shape index (κ1) is 15.9. The lowest BCUT2D eigenvalue weighted by atomic mass is 10.0. The third-order valence-corrected chi connectivity index (χ3v) is 2.16. The molecule has 0 aliphatic carbocycles. The largest absolute Gasteiger partial charge is 0.466 e. The Morgan fingerprint density at radius 3 is 2.35 bits per heavy atom. The maximum atomic E-state index is 11.4. The van der Waals surface area contributed by atoms with Crippen LogP contribution in [0.5, 0.6) is 0 Å². The van der Waals surface area contributed by atoms with Crippen molar-refractivity contribution < 1.29 is 24.2 Å². The Morgan fingerprint density at radius 2 is 1.88 bits per heavy atom. The summed E-state index contributed by atoms with van der Waals surface area (Å²) in [5.74, 6) is -0.960. The van der Waals surface area contributed by atoms with E-state index >= 15 is 0 Å². The molecule has 1 N–H and O–H groups in total. The molecule has 0 aliphatic heterocycles. The van der Waals surface area contributed by atoms with Gasteiger partial charge < -0.3 is 14.6 Å². The first-order valence-corrected chi connectivity index (χ1v) is 5.84. The second-order valence-corrected chi connectivity index (χ2v) is 4.57. The summed E-state index contributed by atoms with van der Waals surface area (Å²) in [6.45, 7) is 7.38. The second kappa shape index (κ2) is 7.27. The molecule has 1 unspecified atom stereocenters. The van der Waals surface area contributed by atoms with Crippen molar-refractivity contribution in [1.29, 1.82) is 0 Å². The Morgan fingerprint density at radius 1 is 1.29 bits per heavy atom. The van der Waals surface area contributed by atoms with Gasteiger partial charge in [-0.1, -0.05) is 13.8 Å². The van der Waals surface area contributed by atoms with Crippen LogP contribution in [0.2, 0.25) is 0 Å². The molecule has 0 radical (unpaired) electrons. The summed E-state index contributed by atoms with van der Waals surface area (Å²) in [7, 11) is 0. The van der Waals surface area contributed by atoms with Crippen molar-refractivity contribution in [2.75, 3.05) is 13.2 Å². The number of esters is 2. The average Bonchev–Trinajstić information content (AvgIpc) is 2.16. The van der Waals surface area contributed by atoms with Gasteiger partial charge in [0.25, 0.3) is 0 Å². The maximum absolute atomic E-state index is 11.4. The SMILES string of the molecule is CCOC(=O)C(C)(O)CC(=O)OCCC(C)C. The molecule has 0 saturated carbocycles. The molecule has 0 amide bonds. The van der Waals surface area contributed by atoms with Crippen LogP contribution in [0.4, 0.5) is 0 Å². The highest BCUT2D eigenvalue weighted by Gasteiger charge is 2.35. The number of rotatable bonds is 7. The fourth-order valence-corrected chi connectivity index (χ4v) is 1.10. The fraction of sp³-hybridized carbons (Fsp3) is 0.833. The molecule has 0 heterocycles. The summed E-state index contributed by atoms with van der Waals surface area (Å²) < 4.78 is 9.56. The van der Waals surface area contributed by atoms with E-state index in [9.17, 15) is 14.7 Å². The van der Waals surface area contributed by atoms with Gasteiger partial charge in [0.05, 0.1) is 19.6 Å². The predicted octanol–water partition coefficient (Wildman–Crippen LogP) is 1.28. The van der Waals surface area contributed by atoms with Crippen LogP contribution in [0.15, 0.2) is 0 Å². The minimum absolute atomic E-state index is 0.164. The zero-order chi connectivity index (χ0) is 13.5. The van der Waals surface area contributed by atoms with Crippen LogP contribution >= 0.6 is 0 Å². The summed E-state index contributed by atoms with van der Waals surface area (Å²) in [6.07, 6.45) is 0.372. The van der Waals surface area contributed by atoms with Gasteiger partial charge in [-0.25, -0.2) is 4.79 Å². The van der Waals surface area contributed by atoms with Gasteiger partial charge in [0.15, 0.2) is 5.60 Å². The summed E-state index contributed by atoms with van der Waals surface area (Å²) in [4.78, 5) is 22.7. The summed E-state index contributed by atoms with van der Waals surface area (Å²) in [6, 6.07) is 0. The van der Waals surface area contributed by atoms with E-state index in [0.29, 0.717) is 12.5 Å². The standard InChI is InChI=1S/C12H22O5/c1-5-16-11(14)12(4,15)8-10(13)17-7-6-9(2)3/h9,15H,5-8H2,1-4H3. The van der Waals surface area contributed by atoms with Gasteiger partial charge in [-0.3, -0.25) is 4.79 Å². The first-order valence-electron chi connectivity index (χ1n) is 5.84. The van der Waals surface area contributed by atoms with Crippen molar-refractivity contribution in [2.45, 2.75) is 46.1 Å². The zero-order valence-electron chi connectivity index (χ0n) is 11.0. The number of carbonyl (C=O) groups excluding carboxylic acids is 2. The highest BCUT2D eigenvalue weighted by atomic mass is 16.6. The lowest BCUT2D eigenvalue weighted by molar-refractivity contribution is -0.170. The second-order valence-electron chi connectivity index (χ2n) is 4.57. The molecule has 0 aromatic rings. The van der Waals surface area contributed by atoms with Crippen LogP contribution in [0.3, 0.4) is 0 Å². The van der Waals surface area contributed by atoms with E-state index in [4.69, 9.17) is 4.74 Å². The normalized spacial score (nSPS) is 14.2. The van der Waals surface area contributed by atoms with Crippen molar-refractivity contribution in [3.8, 4) is 0 Å². The number of ether oxygens (including phenoxy) is 2. The van der Waals surface area contributed by atoms with Crippen LogP contribution in [0, 0.1) is 5.92 Å². The molecule has 0 aromatic heterocycles. The van der Waals surface area contributed by atoms with Crippen LogP contribution in [0.1, 0.15) is 40.5 Å². The molecule has 100 valence electrons. The molecule has 17 heavy (non-hydrogen) atoms. The highest BCUT2D eigenvalue weighted by Crippen LogP contribution is 2.13. The van der Waals surface area contributed by atoms with Crippen LogP contribution in [-0.4, -0.2) is 35.9 Å². The molecule has 5 nitrogen and oxygen atoms in total. The van der Waals surface area contributed by atoms with Gasteiger partial charge in [0, 0.05) is 0 Å². The molecular weight excluding hydrogens is 224 g/mol. The third kappa shape index (κ3) is 6.94. The maximum Gasteiger partial charge on any atom is 0.338 e. The minimum atomic E-state index is -1.81. The minimum Gasteiger partial charge on any atom is -0.466 e. The lowest BCUT2D eigenvalue weighted by Crippen LogP contribution is -2.39. The van der Waals surface area contributed by atoms with Crippen molar-refractivity contribution in [2.24, 2.45) is 5.92 Å². The summed E-state index contributed by atoms with van der Waals surface area (Å²) >= 11 is 0. The number of carbonyl (C=O) groups is 2. The van der Waals surface area contributed by atoms with Crippen molar-refractivity contribution in [1.82, 2.24) is 0 Å². The first-order chi connectivity index (χ1) is 7.79. The van der Waals surface area contributed by atoms with E-state index in [2.05, 4.69) is 4.74 Å². The monoisotopic (exact) mass is 246 g/mol. The number of hydrogen-bond acceptors (Lipinski definition) is 5. The predicted molar refractivity (Wildman–Crippen MR) is 62.3 cm³/mol. The van der Waals surface area contributed by atoms with E-state index in [0.717, 1.165) is 6.42 Å².